The van der Waals surface area contributed by atoms with Crippen LogP contribution in [0.15, 0.2) is 23.3 Å². The van der Waals surface area contributed by atoms with Crippen molar-refractivity contribution < 1.29 is 4.79 Å². The van der Waals surface area contributed by atoms with E-state index in [1.165, 1.54) is 11.1 Å². The SMILES string of the molecule is CCCCN(C/C=C(\C)CCC=C(C)C)C(=O)C(C)CC. The number of unbranched alkanes of at least 4 members (excludes halogenated alkanes) is 1. The molecule has 0 N–H and O–H groups in total. The van der Waals surface area contributed by atoms with Gasteiger partial charge < -0.3 is 4.90 Å². The van der Waals surface area contributed by atoms with E-state index in [0.717, 1.165) is 45.2 Å². The number of carbonyl (C=O) groups excluding carboxylic acids is 1. The van der Waals surface area contributed by atoms with E-state index in [1.54, 1.807) is 0 Å². The van der Waals surface area contributed by atoms with Gasteiger partial charge in [-0.2, -0.15) is 0 Å². The predicted octanol–water partition coefficient (Wildman–Crippen LogP) is 5.35. The average Bonchev–Trinajstić information content (AvgIpc) is 2.45. The van der Waals surface area contributed by atoms with Crippen molar-refractivity contribution in [3.8, 4) is 0 Å². The molecule has 0 saturated carbocycles. The summed E-state index contributed by atoms with van der Waals surface area (Å²) in [5.74, 6) is 0.445. The van der Waals surface area contributed by atoms with Gasteiger partial charge in [0.1, 0.15) is 0 Å². The van der Waals surface area contributed by atoms with E-state index in [1.807, 2.05) is 11.8 Å². The third-order valence-electron chi connectivity index (χ3n) is 3.88. The van der Waals surface area contributed by atoms with Gasteiger partial charge in [0.2, 0.25) is 5.91 Å². The van der Waals surface area contributed by atoms with Crippen molar-refractivity contribution in [2.75, 3.05) is 13.1 Å². The summed E-state index contributed by atoms with van der Waals surface area (Å²) in [7, 11) is 0. The number of rotatable bonds is 10. The second kappa shape index (κ2) is 11.6. The van der Waals surface area contributed by atoms with Crippen molar-refractivity contribution >= 4 is 5.91 Å². The molecule has 2 heteroatoms. The van der Waals surface area contributed by atoms with Gasteiger partial charge in [-0.15, -0.1) is 0 Å². The number of carbonyl (C=O) groups is 1. The molecule has 21 heavy (non-hydrogen) atoms. The van der Waals surface area contributed by atoms with Gasteiger partial charge in [0.05, 0.1) is 0 Å². The Morgan fingerprint density at radius 2 is 1.81 bits per heavy atom. The molecule has 0 rings (SSSR count). The molecular weight excluding hydrogens is 258 g/mol. The van der Waals surface area contributed by atoms with Crippen LogP contribution in [-0.2, 0) is 4.79 Å². The highest BCUT2D eigenvalue weighted by molar-refractivity contribution is 5.78. The first-order valence-electron chi connectivity index (χ1n) is 8.50. The normalized spacial score (nSPS) is 13.0. The monoisotopic (exact) mass is 293 g/mol. The van der Waals surface area contributed by atoms with Gasteiger partial charge in [0.25, 0.3) is 0 Å². The quantitative estimate of drug-likeness (QED) is 0.497. The van der Waals surface area contributed by atoms with Crippen molar-refractivity contribution in [2.24, 2.45) is 5.92 Å². The topological polar surface area (TPSA) is 20.3 Å². The summed E-state index contributed by atoms with van der Waals surface area (Å²) in [5, 5.41) is 0. The predicted molar refractivity (Wildman–Crippen MR) is 93.4 cm³/mol. The fourth-order valence-electron chi connectivity index (χ4n) is 2.08. The fraction of sp³-hybridized carbons (Fsp3) is 0.737. The highest BCUT2D eigenvalue weighted by Crippen LogP contribution is 2.11. The van der Waals surface area contributed by atoms with Crippen LogP contribution in [-0.4, -0.2) is 23.9 Å². The van der Waals surface area contributed by atoms with Gasteiger partial charge in [-0.1, -0.05) is 50.5 Å². The van der Waals surface area contributed by atoms with Crippen LogP contribution < -0.4 is 0 Å². The Kier molecular flexibility index (Phi) is 11.0. The molecule has 0 saturated heterocycles. The smallest absolute Gasteiger partial charge is 0.225 e. The molecule has 122 valence electrons. The summed E-state index contributed by atoms with van der Waals surface area (Å²) in [6.45, 7) is 14.4. The molecule has 1 amide bonds. The number of hydrogen-bond acceptors (Lipinski definition) is 1. The van der Waals surface area contributed by atoms with Gasteiger partial charge in [0.15, 0.2) is 0 Å². The fourth-order valence-corrected chi connectivity index (χ4v) is 2.08. The maximum Gasteiger partial charge on any atom is 0.225 e. The summed E-state index contributed by atoms with van der Waals surface area (Å²) >= 11 is 0. The second-order valence-corrected chi connectivity index (χ2v) is 6.32. The van der Waals surface area contributed by atoms with Crippen molar-refractivity contribution in [3.63, 3.8) is 0 Å². The van der Waals surface area contributed by atoms with Gasteiger partial charge in [-0.05, 0) is 46.5 Å². The van der Waals surface area contributed by atoms with E-state index in [0.29, 0.717) is 5.91 Å². The van der Waals surface area contributed by atoms with Gasteiger partial charge in [-0.3, -0.25) is 4.79 Å². The lowest BCUT2D eigenvalue weighted by Crippen LogP contribution is -2.36. The van der Waals surface area contributed by atoms with Crippen LogP contribution in [0, 0.1) is 5.92 Å². The van der Waals surface area contributed by atoms with Crippen LogP contribution in [0.25, 0.3) is 0 Å². The number of amides is 1. The zero-order chi connectivity index (χ0) is 16.3. The molecule has 0 heterocycles. The summed E-state index contributed by atoms with van der Waals surface area (Å²) < 4.78 is 0. The highest BCUT2D eigenvalue weighted by atomic mass is 16.2. The molecule has 0 radical (unpaired) electrons. The lowest BCUT2D eigenvalue weighted by Gasteiger charge is -2.24. The first-order valence-corrected chi connectivity index (χ1v) is 8.50. The zero-order valence-electron chi connectivity index (χ0n) is 15.0. The first-order chi connectivity index (χ1) is 9.92. The number of hydrogen-bond donors (Lipinski definition) is 0. The first kappa shape index (κ1) is 19.9. The van der Waals surface area contributed by atoms with Crippen molar-refractivity contribution in [3.05, 3.63) is 23.3 Å². The molecule has 0 aliphatic rings. The largest absolute Gasteiger partial charge is 0.339 e. The molecule has 0 aromatic rings. The van der Waals surface area contributed by atoms with Crippen LogP contribution in [0.1, 0.15) is 73.6 Å². The third kappa shape index (κ3) is 9.49. The molecule has 0 spiro atoms. The van der Waals surface area contributed by atoms with E-state index < -0.39 is 0 Å². The molecular formula is C19H35NO. The molecule has 0 aromatic heterocycles. The summed E-state index contributed by atoms with van der Waals surface area (Å²) in [5.41, 5.74) is 2.75. The van der Waals surface area contributed by atoms with Crippen LogP contribution in [0.4, 0.5) is 0 Å². The number of nitrogens with zero attached hydrogens (tertiary/aromatic N) is 1. The Morgan fingerprint density at radius 1 is 1.14 bits per heavy atom. The minimum absolute atomic E-state index is 0.140. The van der Waals surface area contributed by atoms with Crippen molar-refractivity contribution in [2.45, 2.75) is 73.6 Å². The maximum atomic E-state index is 12.4. The molecule has 2 nitrogen and oxygen atoms in total. The van der Waals surface area contributed by atoms with Crippen molar-refractivity contribution in [1.82, 2.24) is 4.90 Å². The van der Waals surface area contributed by atoms with Gasteiger partial charge in [-0.25, -0.2) is 0 Å². The standard InChI is InChI=1S/C19H35NO/c1-7-9-14-20(19(21)18(6)8-2)15-13-17(5)12-10-11-16(3)4/h11,13,18H,7-10,12,14-15H2,1-6H3/b17-13+. The molecule has 0 aliphatic carbocycles. The minimum atomic E-state index is 0.140. The Balaban J connectivity index is 4.51. The van der Waals surface area contributed by atoms with Gasteiger partial charge >= 0.3 is 0 Å². The third-order valence-corrected chi connectivity index (χ3v) is 3.88. The Morgan fingerprint density at radius 3 is 2.33 bits per heavy atom. The average molecular weight is 293 g/mol. The lowest BCUT2D eigenvalue weighted by atomic mass is 10.1. The Bertz CT molecular complexity index is 351. The molecule has 1 atom stereocenters. The summed E-state index contributed by atoms with van der Waals surface area (Å²) in [4.78, 5) is 14.4. The van der Waals surface area contributed by atoms with Crippen LogP contribution >= 0.6 is 0 Å². The summed E-state index contributed by atoms with van der Waals surface area (Å²) in [6, 6.07) is 0. The Hall–Kier alpha value is -1.05. The number of allylic oxidation sites excluding steroid dienone is 3. The zero-order valence-corrected chi connectivity index (χ0v) is 15.0. The molecule has 0 bridgehead atoms. The second-order valence-electron chi connectivity index (χ2n) is 6.32. The molecule has 0 aromatic carbocycles. The van der Waals surface area contributed by atoms with Crippen molar-refractivity contribution in [1.29, 1.82) is 0 Å². The lowest BCUT2D eigenvalue weighted by molar-refractivity contribution is -0.134. The van der Waals surface area contributed by atoms with Crippen LogP contribution in [0.2, 0.25) is 0 Å². The molecule has 1 unspecified atom stereocenters. The van der Waals surface area contributed by atoms with E-state index in [-0.39, 0.29) is 5.92 Å². The molecule has 0 aliphatic heterocycles. The van der Waals surface area contributed by atoms with Crippen LogP contribution in [0.3, 0.4) is 0 Å². The van der Waals surface area contributed by atoms with E-state index in [2.05, 4.69) is 46.8 Å². The van der Waals surface area contributed by atoms with Crippen LogP contribution in [0.5, 0.6) is 0 Å². The minimum Gasteiger partial charge on any atom is -0.339 e. The van der Waals surface area contributed by atoms with E-state index >= 15 is 0 Å². The van der Waals surface area contributed by atoms with E-state index in [4.69, 9.17) is 0 Å². The maximum absolute atomic E-state index is 12.4. The highest BCUT2D eigenvalue weighted by Gasteiger charge is 2.17. The molecule has 0 fully saturated rings. The van der Waals surface area contributed by atoms with Gasteiger partial charge in [0, 0.05) is 19.0 Å². The van der Waals surface area contributed by atoms with E-state index in [9.17, 15) is 4.79 Å². The summed E-state index contributed by atoms with van der Waals surface area (Å²) in [6.07, 6.45) is 9.83. The Labute approximate surface area is 132 Å².